The smallest absolute Gasteiger partial charge is 0.221 e. The average molecular weight is 358 g/mol. The van der Waals surface area contributed by atoms with Crippen molar-refractivity contribution in [2.24, 2.45) is 0 Å². The lowest BCUT2D eigenvalue weighted by atomic mass is 10.2. The Kier molecular flexibility index (Phi) is 3.90. The molecular formula is C13H12F2N4O2S2. The lowest BCUT2D eigenvalue weighted by molar-refractivity contribution is 0.566. The summed E-state index contributed by atoms with van der Waals surface area (Å²) in [5.74, 6) is -1.53. The third kappa shape index (κ3) is 3.09. The molecule has 0 aliphatic heterocycles. The predicted octanol–water partition coefficient (Wildman–Crippen LogP) is 2.16. The molecule has 0 saturated heterocycles. The number of hydrogen-bond donors (Lipinski definition) is 1. The molecule has 23 heavy (non-hydrogen) atoms. The zero-order chi connectivity index (χ0) is 16.8. The number of fused-ring (bicyclic) bond motifs is 1. The molecule has 0 unspecified atom stereocenters. The third-order valence-electron chi connectivity index (χ3n) is 3.07. The van der Waals surface area contributed by atoms with E-state index in [0.29, 0.717) is 15.7 Å². The maximum atomic E-state index is 13.2. The van der Waals surface area contributed by atoms with Crippen molar-refractivity contribution in [3.8, 4) is 0 Å². The van der Waals surface area contributed by atoms with Gasteiger partial charge in [-0.3, -0.25) is 0 Å². The van der Waals surface area contributed by atoms with Gasteiger partial charge in [0.15, 0.2) is 5.03 Å². The number of sulfonamides is 1. The molecule has 0 aliphatic carbocycles. The van der Waals surface area contributed by atoms with Crippen LogP contribution in [0.1, 0.15) is 16.3 Å². The minimum Gasteiger partial charge on any atom is -0.221 e. The lowest BCUT2D eigenvalue weighted by Crippen LogP contribution is -2.25. The molecule has 0 bridgehead atoms. The summed E-state index contributed by atoms with van der Waals surface area (Å²) in [6, 6.07) is 2.86. The maximum Gasteiger partial charge on any atom is 0.260 e. The minimum absolute atomic E-state index is 0.0753. The second-order valence-corrected chi connectivity index (χ2v) is 7.76. The van der Waals surface area contributed by atoms with E-state index < -0.39 is 21.7 Å². The van der Waals surface area contributed by atoms with Gasteiger partial charge >= 0.3 is 0 Å². The maximum absolute atomic E-state index is 13.2. The number of hydrogen-bond acceptors (Lipinski definition) is 5. The summed E-state index contributed by atoms with van der Waals surface area (Å²) < 4.78 is 54.9. The molecule has 0 spiro atoms. The van der Waals surface area contributed by atoms with Crippen molar-refractivity contribution in [1.29, 1.82) is 0 Å². The first-order valence-electron chi connectivity index (χ1n) is 6.53. The SMILES string of the molecule is Cc1nn2c(S(=O)(=O)NCc3cc(F)cc(F)c3)c(C)nc2s1. The number of halogens is 2. The lowest BCUT2D eigenvalue weighted by Gasteiger charge is -2.07. The molecule has 0 aliphatic rings. The summed E-state index contributed by atoms with van der Waals surface area (Å²) in [6.45, 7) is 3.06. The number of aromatic nitrogens is 3. The van der Waals surface area contributed by atoms with Gasteiger partial charge in [0, 0.05) is 12.6 Å². The van der Waals surface area contributed by atoms with Crippen LogP contribution < -0.4 is 4.72 Å². The summed E-state index contributed by atoms with van der Waals surface area (Å²) in [7, 11) is -3.94. The molecule has 1 aromatic carbocycles. The monoisotopic (exact) mass is 358 g/mol. The molecule has 3 rings (SSSR count). The Hall–Kier alpha value is -1.91. The summed E-state index contributed by atoms with van der Waals surface area (Å²) >= 11 is 1.27. The standard InChI is InChI=1S/C13H12F2N4O2S2/c1-7-12(19-13(17-7)22-8(2)18-19)23(20,21)16-6-9-3-10(14)5-11(15)4-9/h3-5,16H,6H2,1-2H3. The summed E-state index contributed by atoms with van der Waals surface area (Å²) in [5.41, 5.74) is 0.487. The fraction of sp³-hybridized carbons (Fsp3) is 0.231. The first kappa shape index (κ1) is 16.0. The van der Waals surface area contributed by atoms with Gasteiger partial charge in [-0.1, -0.05) is 11.3 Å². The van der Waals surface area contributed by atoms with E-state index in [9.17, 15) is 17.2 Å². The van der Waals surface area contributed by atoms with Gasteiger partial charge in [-0.15, -0.1) is 0 Å². The van der Waals surface area contributed by atoms with E-state index >= 15 is 0 Å². The fourth-order valence-electron chi connectivity index (χ4n) is 2.19. The Balaban J connectivity index is 1.93. The van der Waals surface area contributed by atoms with Gasteiger partial charge in [0.05, 0.1) is 5.69 Å². The second kappa shape index (κ2) is 5.62. The van der Waals surface area contributed by atoms with E-state index in [-0.39, 0.29) is 17.1 Å². The van der Waals surface area contributed by atoms with Crippen molar-refractivity contribution in [2.45, 2.75) is 25.4 Å². The molecule has 0 radical (unpaired) electrons. The minimum atomic E-state index is -3.94. The van der Waals surface area contributed by atoms with E-state index in [2.05, 4.69) is 14.8 Å². The van der Waals surface area contributed by atoms with Crippen molar-refractivity contribution in [3.63, 3.8) is 0 Å². The summed E-state index contributed by atoms with van der Waals surface area (Å²) in [5, 5.41) is 4.72. The Morgan fingerprint density at radius 3 is 2.52 bits per heavy atom. The van der Waals surface area contributed by atoms with Crippen LogP contribution in [0.15, 0.2) is 23.2 Å². The van der Waals surface area contributed by atoms with Gasteiger partial charge in [0.2, 0.25) is 4.96 Å². The first-order chi connectivity index (χ1) is 10.8. The van der Waals surface area contributed by atoms with E-state index in [4.69, 9.17) is 0 Å². The molecule has 2 aromatic heterocycles. The van der Waals surface area contributed by atoms with Crippen LogP contribution in [-0.2, 0) is 16.6 Å². The average Bonchev–Trinajstić information content (AvgIpc) is 2.89. The molecule has 0 amide bonds. The highest BCUT2D eigenvalue weighted by Gasteiger charge is 2.25. The van der Waals surface area contributed by atoms with Crippen LogP contribution in [0, 0.1) is 25.5 Å². The van der Waals surface area contributed by atoms with Crippen molar-refractivity contribution in [2.75, 3.05) is 0 Å². The molecule has 1 N–H and O–H groups in total. The van der Waals surface area contributed by atoms with Crippen LogP contribution in [0.3, 0.4) is 0 Å². The van der Waals surface area contributed by atoms with Crippen LogP contribution in [-0.4, -0.2) is 23.0 Å². The van der Waals surface area contributed by atoms with Crippen LogP contribution in [0.25, 0.3) is 4.96 Å². The van der Waals surface area contributed by atoms with Crippen molar-refractivity contribution in [3.05, 3.63) is 46.1 Å². The van der Waals surface area contributed by atoms with Gasteiger partial charge in [-0.25, -0.2) is 26.9 Å². The molecule has 0 atom stereocenters. The van der Waals surface area contributed by atoms with Gasteiger partial charge < -0.3 is 0 Å². The van der Waals surface area contributed by atoms with E-state index in [1.807, 2.05) is 0 Å². The van der Waals surface area contributed by atoms with Crippen LogP contribution >= 0.6 is 11.3 Å². The van der Waals surface area contributed by atoms with Gasteiger partial charge in [0.1, 0.15) is 16.6 Å². The van der Waals surface area contributed by atoms with Crippen LogP contribution in [0.4, 0.5) is 8.78 Å². The number of benzene rings is 1. The fourth-order valence-corrected chi connectivity index (χ4v) is 4.32. The van der Waals surface area contributed by atoms with Gasteiger partial charge in [-0.05, 0) is 31.5 Å². The highest BCUT2D eigenvalue weighted by atomic mass is 32.2. The molecule has 10 heteroatoms. The number of rotatable bonds is 4. The second-order valence-electron chi connectivity index (χ2n) is 4.92. The van der Waals surface area contributed by atoms with Gasteiger partial charge in [0.25, 0.3) is 10.0 Å². The first-order valence-corrected chi connectivity index (χ1v) is 8.83. The Labute approximate surface area is 134 Å². The van der Waals surface area contributed by atoms with E-state index in [1.165, 1.54) is 15.9 Å². The number of imidazole rings is 1. The Morgan fingerprint density at radius 2 is 1.87 bits per heavy atom. The largest absolute Gasteiger partial charge is 0.260 e. The number of nitrogens with one attached hydrogen (secondary N) is 1. The predicted molar refractivity (Wildman–Crippen MR) is 80.7 cm³/mol. The zero-order valence-electron chi connectivity index (χ0n) is 12.2. The molecule has 0 fully saturated rings. The van der Waals surface area contributed by atoms with Crippen LogP contribution in [0.2, 0.25) is 0 Å². The summed E-state index contributed by atoms with van der Waals surface area (Å²) in [4.78, 5) is 4.63. The molecule has 2 heterocycles. The number of aryl methyl sites for hydroxylation is 2. The molecular weight excluding hydrogens is 346 g/mol. The zero-order valence-corrected chi connectivity index (χ0v) is 13.8. The topological polar surface area (TPSA) is 76.4 Å². The molecule has 3 aromatic rings. The normalized spacial score (nSPS) is 12.2. The molecule has 6 nitrogen and oxygen atoms in total. The molecule has 122 valence electrons. The Morgan fingerprint density at radius 1 is 1.22 bits per heavy atom. The quantitative estimate of drug-likeness (QED) is 0.775. The number of nitrogens with zero attached hydrogens (tertiary/aromatic N) is 3. The van der Waals surface area contributed by atoms with Crippen LogP contribution in [0.5, 0.6) is 0 Å². The molecule has 0 saturated carbocycles. The Bertz CT molecular complexity index is 975. The third-order valence-corrected chi connectivity index (χ3v) is 5.40. The van der Waals surface area contributed by atoms with Crippen molar-refractivity contribution < 1.29 is 17.2 Å². The summed E-state index contributed by atoms with van der Waals surface area (Å²) in [6.07, 6.45) is 0. The highest BCUT2D eigenvalue weighted by molar-refractivity contribution is 7.89. The highest BCUT2D eigenvalue weighted by Crippen LogP contribution is 2.21. The van der Waals surface area contributed by atoms with Crippen molar-refractivity contribution >= 4 is 26.3 Å². The van der Waals surface area contributed by atoms with E-state index in [1.54, 1.807) is 13.8 Å². The van der Waals surface area contributed by atoms with E-state index in [0.717, 1.165) is 18.2 Å². The van der Waals surface area contributed by atoms with Gasteiger partial charge in [-0.2, -0.15) is 9.61 Å². The van der Waals surface area contributed by atoms with Crippen molar-refractivity contribution in [1.82, 2.24) is 19.3 Å².